The molecule has 0 aliphatic carbocycles. The summed E-state index contributed by atoms with van der Waals surface area (Å²) in [6.45, 7) is 0. The average Bonchev–Trinajstić information content (AvgIpc) is 2.52. The number of guanidine groups is 1. The van der Waals surface area contributed by atoms with Crippen molar-refractivity contribution >= 4 is 21.7 Å². The van der Waals surface area contributed by atoms with E-state index in [0.29, 0.717) is 18.4 Å². The van der Waals surface area contributed by atoms with E-state index in [1.165, 1.54) is 12.1 Å². The van der Waals surface area contributed by atoms with E-state index in [2.05, 4.69) is 4.99 Å². The van der Waals surface area contributed by atoms with Gasteiger partial charge in [-0.05, 0) is 36.1 Å². The van der Waals surface area contributed by atoms with Crippen molar-refractivity contribution in [3.63, 3.8) is 0 Å². The van der Waals surface area contributed by atoms with Gasteiger partial charge in [0.05, 0.1) is 4.90 Å². The lowest BCUT2D eigenvalue weighted by Gasteiger charge is -2.10. The van der Waals surface area contributed by atoms with E-state index >= 15 is 0 Å². The van der Waals surface area contributed by atoms with Crippen LogP contribution in [0, 0.1) is 0 Å². The molecule has 24 heavy (non-hydrogen) atoms. The molecule has 0 fully saturated rings. The van der Waals surface area contributed by atoms with Gasteiger partial charge in [-0.3, -0.25) is 4.79 Å². The molecule has 0 heterocycles. The second-order valence-corrected chi connectivity index (χ2v) is 7.41. The highest BCUT2D eigenvalue weighted by Gasteiger charge is 2.16. The third-order valence-electron chi connectivity index (χ3n) is 3.47. The Kier molecular flexibility index (Phi) is 5.35. The number of carbonyl (C=O) groups excluding carboxylic acids is 1. The quantitative estimate of drug-likeness (QED) is 0.626. The Hall–Kier alpha value is -2.67. The van der Waals surface area contributed by atoms with Crippen LogP contribution in [0.25, 0.3) is 0 Å². The molecule has 0 unspecified atom stereocenters. The fourth-order valence-corrected chi connectivity index (χ4v) is 3.33. The van der Waals surface area contributed by atoms with Gasteiger partial charge >= 0.3 is 0 Å². The van der Waals surface area contributed by atoms with Crippen LogP contribution in [0.3, 0.4) is 0 Å². The summed E-state index contributed by atoms with van der Waals surface area (Å²) in [5.41, 5.74) is 12.3. The van der Waals surface area contributed by atoms with Crippen LogP contribution >= 0.6 is 0 Å². The minimum Gasteiger partial charge on any atom is -0.370 e. The van der Waals surface area contributed by atoms with Crippen molar-refractivity contribution in [1.82, 2.24) is 0 Å². The summed E-state index contributed by atoms with van der Waals surface area (Å²) in [4.78, 5) is 15.4. The van der Waals surface area contributed by atoms with Crippen molar-refractivity contribution in [2.24, 2.45) is 16.5 Å². The predicted octanol–water partition coefficient (Wildman–Crippen LogP) is 1.29. The fraction of sp³-hybridized carbons (Fsp3) is 0.176. The molecule has 0 saturated carbocycles. The molecule has 0 radical (unpaired) electrons. The highest BCUT2D eigenvalue weighted by Crippen LogP contribution is 2.20. The SMILES string of the molecule is CS(=O)(=O)c1cc(C(=O)N=C(N)N)ccc1CCc1ccccc1. The van der Waals surface area contributed by atoms with Crippen LogP contribution in [-0.4, -0.2) is 26.5 Å². The van der Waals surface area contributed by atoms with Gasteiger partial charge in [0.25, 0.3) is 5.91 Å². The molecule has 4 N–H and O–H groups in total. The van der Waals surface area contributed by atoms with Crippen molar-refractivity contribution in [3.8, 4) is 0 Å². The molecule has 0 aromatic heterocycles. The van der Waals surface area contributed by atoms with E-state index in [9.17, 15) is 13.2 Å². The Balaban J connectivity index is 2.34. The number of nitrogens with zero attached hydrogens (tertiary/aromatic N) is 1. The number of aliphatic imine (C=N–C) groups is 1. The summed E-state index contributed by atoms with van der Waals surface area (Å²) in [6, 6.07) is 14.2. The average molecular weight is 345 g/mol. The third-order valence-corrected chi connectivity index (χ3v) is 4.65. The summed E-state index contributed by atoms with van der Waals surface area (Å²) >= 11 is 0. The van der Waals surface area contributed by atoms with Gasteiger partial charge in [-0.25, -0.2) is 8.42 Å². The summed E-state index contributed by atoms with van der Waals surface area (Å²) < 4.78 is 24.1. The maximum atomic E-state index is 12.1. The van der Waals surface area contributed by atoms with Crippen molar-refractivity contribution in [2.45, 2.75) is 17.7 Å². The lowest BCUT2D eigenvalue weighted by molar-refractivity contribution is 0.100. The van der Waals surface area contributed by atoms with Crippen LogP contribution in [0.15, 0.2) is 58.4 Å². The molecule has 0 saturated heterocycles. The predicted molar refractivity (Wildman–Crippen MR) is 93.5 cm³/mol. The van der Waals surface area contributed by atoms with Crippen LogP contribution in [0.4, 0.5) is 0 Å². The van der Waals surface area contributed by atoms with Crippen LogP contribution in [0.1, 0.15) is 21.5 Å². The zero-order valence-electron chi connectivity index (χ0n) is 13.3. The monoisotopic (exact) mass is 345 g/mol. The minimum absolute atomic E-state index is 0.120. The summed E-state index contributed by atoms with van der Waals surface area (Å²) in [5.74, 6) is -1.04. The number of amides is 1. The smallest absolute Gasteiger partial charge is 0.280 e. The van der Waals surface area contributed by atoms with E-state index in [1.54, 1.807) is 6.07 Å². The molecular formula is C17H19N3O3S. The maximum absolute atomic E-state index is 12.1. The second kappa shape index (κ2) is 7.27. The maximum Gasteiger partial charge on any atom is 0.280 e. The summed E-state index contributed by atoms with van der Waals surface area (Å²) in [6.07, 6.45) is 2.36. The number of benzene rings is 2. The van der Waals surface area contributed by atoms with E-state index in [-0.39, 0.29) is 16.4 Å². The number of rotatable bonds is 5. The van der Waals surface area contributed by atoms with Crippen LogP contribution in [0.2, 0.25) is 0 Å². The molecule has 2 aromatic carbocycles. The minimum atomic E-state index is -3.49. The van der Waals surface area contributed by atoms with Crippen LogP contribution in [-0.2, 0) is 22.7 Å². The van der Waals surface area contributed by atoms with Crippen molar-refractivity contribution in [1.29, 1.82) is 0 Å². The van der Waals surface area contributed by atoms with Crippen LogP contribution < -0.4 is 11.5 Å². The van der Waals surface area contributed by atoms with Crippen LogP contribution in [0.5, 0.6) is 0 Å². The van der Waals surface area contributed by atoms with Gasteiger partial charge in [-0.15, -0.1) is 0 Å². The van der Waals surface area contributed by atoms with Gasteiger partial charge < -0.3 is 11.5 Å². The van der Waals surface area contributed by atoms with E-state index in [4.69, 9.17) is 11.5 Å². The zero-order valence-corrected chi connectivity index (χ0v) is 14.1. The molecule has 0 spiro atoms. The van der Waals surface area contributed by atoms with Gasteiger partial charge in [0, 0.05) is 11.8 Å². The highest BCUT2D eigenvalue weighted by atomic mass is 32.2. The number of carbonyl (C=O) groups is 1. The molecule has 126 valence electrons. The second-order valence-electron chi connectivity index (χ2n) is 5.42. The number of nitrogens with two attached hydrogens (primary N) is 2. The van der Waals surface area contributed by atoms with Gasteiger partial charge in [0.15, 0.2) is 15.8 Å². The Morgan fingerprint density at radius 2 is 1.71 bits per heavy atom. The van der Waals surface area contributed by atoms with E-state index in [0.717, 1.165) is 11.8 Å². The van der Waals surface area contributed by atoms with E-state index < -0.39 is 15.7 Å². The topological polar surface area (TPSA) is 116 Å². The summed E-state index contributed by atoms with van der Waals surface area (Å²) in [7, 11) is -3.49. The van der Waals surface area contributed by atoms with Crippen molar-refractivity contribution in [2.75, 3.05) is 6.26 Å². The first kappa shape index (κ1) is 17.7. The fourth-order valence-electron chi connectivity index (χ4n) is 2.34. The molecule has 0 aliphatic rings. The normalized spacial score (nSPS) is 11.0. The largest absolute Gasteiger partial charge is 0.370 e. The first-order valence-electron chi connectivity index (χ1n) is 7.28. The van der Waals surface area contributed by atoms with Crippen molar-refractivity contribution < 1.29 is 13.2 Å². The molecule has 2 aromatic rings. The van der Waals surface area contributed by atoms with Gasteiger partial charge in [0.1, 0.15) is 0 Å². The number of sulfone groups is 1. The summed E-state index contributed by atoms with van der Waals surface area (Å²) in [5, 5.41) is 0. The molecular weight excluding hydrogens is 326 g/mol. The third kappa shape index (κ3) is 4.66. The Labute approximate surface area is 141 Å². The molecule has 1 amide bonds. The van der Waals surface area contributed by atoms with E-state index in [1.807, 2.05) is 30.3 Å². The van der Waals surface area contributed by atoms with Crippen molar-refractivity contribution in [3.05, 3.63) is 65.2 Å². The molecule has 6 nitrogen and oxygen atoms in total. The molecule has 7 heteroatoms. The number of hydrogen-bond donors (Lipinski definition) is 2. The lowest BCUT2D eigenvalue weighted by atomic mass is 10.0. The van der Waals surface area contributed by atoms with Gasteiger partial charge in [-0.1, -0.05) is 36.4 Å². The Bertz CT molecular complexity index is 871. The van der Waals surface area contributed by atoms with Gasteiger partial charge in [-0.2, -0.15) is 4.99 Å². The first-order chi connectivity index (χ1) is 11.3. The molecule has 0 atom stereocenters. The zero-order chi connectivity index (χ0) is 17.7. The molecule has 0 aliphatic heterocycles. The molecule has 0 bridgehead atoms. The molecule has 2 rings (SSSR count). The highest BCUT2D eigenvalue weighted by molar-refractivity contribution is 7.90. The lowest BCUT2D eigenvalue weighted by Crippen LogP contribution is -2.24. The standard InChI is InChI=1S/C17H19N3O3S/c1-24(22,23)15-11-14(16(21)20-17(18)19)10-9-13(15)8-7-12-5-3-2-4-6-12/h2-6,9-11H,7-8H2,1H3,(H4,18,19,20,21). The van der Waals surface area contributed by atoms with Gasteiger partial charge in [0.2, 0.25) is 0 Å². The Morgan fingerprint density at radius 3 is 2.29 bits per heavy atom. The first-order valence-corrected chi connectivity index (χ1v) is 9.17. The Morgan fingerprint density at radius 1 is 1.04 bits per heavy atom. The number of aryl methyl sites for hydroxylation is 2. The number of hydrogen-bond acceptors (Lipinski definition) is 3.